The van der Waals surface area contributed by atoms with Gasteiger partial charge in [-0.2, -0.15) is 5.10 Å². The summed E-state index contributed by atoms with van der Waals surface area (Å²) in [5.74, 6) is 0.0555. The predicted molar refractivity (Wildman–Crippen MR) is 95.7 cm³/mol. The summed E-state index contributed by atoms with van der Waals surface area (Å²) in [7, 11) is 3.68. The topological polar surface area (TPSA) is 51.0 Å². The normalized spacial score (nSPS) is 10.8. The third-order valence-corrected chi connectivity index (χ3v) is 4.69. The van der Waals surface area contributed by atoms with Crippen molar-refractivity contribution in [3.63, 3.8) is 0 Å². The van der Waals surface area contributed by atoms with Crippen molar-refractivity contribution in [2.24, 2.45) is 7.05 Å². The molecule has 24 heavy (non-hydrogen) atoms. The number of carbonyl (C=O) groups excluding carboxylic acids is 1. The number of carbonyl (C=O) groups is 1. The van der Waals surface area contributed by atoms with Gasteiger partial charge in [-0.15, -0.1) is 11.3 Å². The molecule has 0 bridgehead atoms. The Morgan fingerprint density at radius 1 is 1.38 bits per heavy atom. The molecule has 0 N–H and O–H groups in total. The second-order valence-corrected chi connectivity index (χ2v) is 6.82. The highest BCUT2D eigenvalue weighted by atomic mass is 32.1. The molecular formula is C18H20N4OS. The molecular weight excluding hydrogens is 320 g/mol. The van der Waals surface area contributed by atoms with E-state index >= 15 is 0 Å². The van der Waals surface area contributed by atoms with E-state index in [1.54, 1.807) is 27.1 Å². The first kappa shape index (κ1) is 16.4. The monoisotopic (exact) mass is 340 g/mol. The number of aryl methyl sites for hydroxylation is 2. The average molecular weight is 340 g/mol. The van der Waals surface area contributed by atoms with Gasteiger partial charge in [-0.05, 0) is 13.0 Å². The van der Waals surface area contributed by atoms with Gasteiger partial charge in [0.25, 0.3) is 0 Å². The number of amides is 1. The molecule has 5 nitrogen and oxygen atoms in total. The fraction of sp³-hybridized carbons (Fsp3) is 0.278. The van der Waals surface area contributed by atoms with Crippen molar-refractivity contribution in [2.45, 2.75) is 19.9 Å². The van der Waals surface area contributed by atoms with Crippen molar-refractivity contribution in [1.82, 2.24) is 19.7 Å². The Kier molecular flexibility index (Phi) is 4.76. The summed E-state index contributed by atoms with van der Waals surface area (Å²) in [4.78, 5) is 18.7. The first-order valence-electron chi connectivity index (χ1n) is 7.74. The van der Waals surface area contributed by atoms with Crippen molar-refractivity contribution < 1.29 is 4.79 Å². The third-order valence-electron chi connectivity index (χ3n) is 3.75. The molecule has 0 spiro atoms. The molecule has 6 heteroatoms. The third kappa shape index (κ3) is 3.89. The van der Waals surface area contributed by atoms with Gasteiger partial charge in [-0.3, -0.25) is 9.48 Å². The summed E-state index contributed by atoms with van der Waals surface area (Å²) < 4.78 is 1.74. The summed E-state index contributed by atoms with van der Waals surface area (Å²) in [5, 5.41) is 7.05. The minimum atomic E-state index is 0.0555. The van der Waals surface area contributed by atoms with Gasteiger partial charge in [0.1, 0.15) is 5.01 Å². The van der Waals surface area contributed by atoms with E-state index in [1.807, 2.05) is 37.8 Å². The molecule has 2 heterocycles. The molecule has 3 aromatic rings. The zero-order chi connectivity index (χ0) is 17.1. The second-order valence-electron chi connectivity index (χ2n) is 5.96. The summed E-state index contributed by atoms with van der Waals surface area (Å²) >= 11 is 1.58. The molecule has 0 aliphatic rings. The molecule has 1 amide bonds. The maximum Gasteiger partial charge on any atom is 0.228 e. The summed E-state index contributed by atoms with van der Waals surface area (Å²) in [6, 6.07) is 8.25. The minimum Gasteiger partial charge on any atom is -0.341 e. The van der Waals surface area contributed by atoms with Crippen LogP contribution in [0.2, 0.25) is 0 Å². The van der Waals surface area contributed by atoms with Gasteiger partial charge in [-0.1, -0.05) is 23.8 Å². The number of nitrogens with zero attached hydrogens (tertiary/aromatic N) is 4. The Balaban J connectivity index is 1.64. The van der Waals surface area contributed by atoms with Gasteiger partial charge < -0.3 is 4.90 Å². The number of hydrogen-bond acceptors (Lipinski definition) is 4. The van der Waals surface area contributed by atoms with E-state index in [0.717, 1.165) is 21.8 Å². The number of rotatable bonds is 5. The van der Waals surface area contributed by atoms with Gasteiger partial charge in [0, 0.05) is 43.3 Å². The molecule has 124 valence electrons. The molecule has 1 aromatic carbocycles. The van der Waals surface area contributed by atoms with Crippen molar-refractivity contribution >= 4 is 17.2 Å². The number of likely N-dealkylation sites (N-methyl/N-ethyl adjacent to an activating group) is 1. The predicted octanol–water partition coefficient (Wildman–Crippen LogP) is 3.05. The largest absolute Gasteiger partial charge is 0.341 e. The minimum absolute atomic E-state index is 0.0555. The molecule has 0 saturated heterocycles. The van der Waals surface area contributed by atoms with E-state index in [9.17, 15) is 4.79 Å². The Bertz CT molecular complexity index is 852. The van der Waals surface area contributed by atoms with Crippen LogP contribution in [-0.4, -0.2) is 32.6 Å². The Hall–Kier alpha value is -2.47. The van der Waals surface area contributed by atoms with Crippen LogP contribution in [0.5, 0.6) is 0 Å². The molecule has 0 aliphatic heterocycles. The lowest BCUT2D eigenvalue weighted by molar-refractivity contribution is -0.129. The zero-order valence-electron chi connectivity index (χ0n) is 14.1. The van der Waals surface area contributed by atoms with Crippen molar-refractivity contribution in [3.8, 4) is 10.6 Å². The number of aromatic nitrogens is 3. The zero-order valence-corrected chi connectivity index (χ0v) is 14.9. The van der Waals surface area contributed by atoms with Crippen LogP contribution in [0, 0.1) is 6.92 Å². The molecule has 2 aromatic heterocycles. The highest BCUT2D eigenvalue weighted by Crippen LogP contribution is 2.24. The van der Waals surface area contributed by atoms with E-state index in [0.29, 0.717) is 13.0 Å². The van der Waals surface area contributed by atoms with E-state index < -0.39 is 0 Å². The van der Waals surface area contributed by atoms with Crippen LogP contribution in [0.25, 0.3) is 10.6 Å². The van der Waals surface area contributed by atoms with Crippen LogP contribution < -0.4 is 0 Å². The van der Waals surface area contributed by atoms with E-state index in [2.05, 4.69) is 29.1 Å². The van der Waals surface area contributed by atoms with Crippen LogP contribution in [0.4, 0.5) is 0 Å². The summed E-state index contributed by atoms with van der Waals surface area (Å²) in [5.41, 5.74) is 4.14. The lowest BCUT2D eigenvalue weighted by Gasteiger charge is -2.15. The lowest BCUT2D eigenvalue weighted by Crippen LogP contribution is -2.27. The number of thiazole rings is 1. The summed E-state index contributed by atoms with van der Waals surface area (Å²) in [6.07, 6.45) is 4.02. The van der Waals surface area contributed by atoms with Gasteiger partial charge >= 0.3 is 0 Å². The highest BCUT2D eigenvalue weighted by Gasteiger charge is 2.14. The second kappa shape index (κ2) is 6.97. The smallest absolute Gasteiger partial charge is 0.228 e. The molecule has 0 radical (unpaired) electrons. The fourth-order valence-electron chi connectivity index (χ4n) is 2.50. The van der Waals surface area contributed by atoms with Gasteiger partial charge in [0.15, 0.2) is 0 Å². The van der Waals surface area contributed by atoms with E-state index in [-0.39, 0.29) is 5.91 Å². The van der Waals surface area contributed by atoms with Crippen LogP contribution in [0.3, 0.4) is 0 Å². The van der Waals surface area contributed by atoms with Gasteiger partial charge in [0.2, 0.25) is 5.91 Å². The molecule has 3 rings (SSSR count). The highest BCUT2D eigenvalue weighted by molar-refractivity contribution is 7.13. The van der Waals surface area contributed by atoms with Gasteiger partial charge in [-0.25, -0.2) is 4.98 Å². The van der Waals surface area contributed by atoms with Gasteiger partial charge in [0.05, 0.1) is 18.3 Å². The van der Waals surface area contributed by atoms with Crippen LogP contribution >= 0.6 is 11.3 Å². The van der Waals surface area contributed by atoms with Crippen molar-refractivity contribution in [3.05, 3.63) is 58.9 Å². The number of benzene rings is 1. The van der Waals surface area contributed by atoms with Crippen LogP contribution in [0.15, 0.2) is 42.0 Å². The first-order chi connectivity index (χ1) is 11.5. The van der Waals surface area contributed by atoms with Crippen molar-refractivity contribution in [1.29, 1.82) is 0 Å². The van der Waals surface area contributed by atoms with Crippen LogP contribution in [0.1, 0.15) is 16.8 Å². The average Bonchev–Trinajstić information content (AvgIpc) is 3.16. The SMILES string of the molecule is Cc1cccc(-c2nc(CC(=O)N(C)Cc3cnn(C)c3)cs2)c1. The summed E-state index contributed by atoms with van der Waals surface area (Å²) in [6.45, 7) is 2.62. The van der Waals surface area contributed by atoms with E-state index in [4.69, 9.17) is 0 Å². The maximum atomic E-state index is 12.4. The molecule has 0 atom stereocenters. The lowest BCUT2D eigenvalue weighted by atomic mass is 10.1. The molecule has 0 fully saturated rings. The molecule has 0 aliphatic carbocycles. The Labute approximate surface area is 145 Å². The molecule has 0 unspecified atom stereocenters. The molecule has 0 saturated carbocycles. The Morgan fingerprint density at radius 2 is 2.21 bits per heavy atom. The van der Waals surface area contributed by atoms with Crippen LogP contribution in [-0.2, 0) is 24.8 Å². The number of hydrogen-bond donors (Lipinski definition) is 0. The van der Waals surface area contributed by atoms with E-state index in [1.165, 1.54) is 5.56 Å². The van der Waals surface area contributed by atoms with Crippen molar-refractivity contribution in [2.75, 3.05) is 7.05 Å². The first-order valence-corrected chi connectivity index (χ1v) is 8.62. The fourth-order valence-corrected chi connectivity index (χ4v) is 3.32. The Morgan fingerprint density at radius 3 is 2.92 bits per heavy atom. The maximum absolute atomic E-state index is 12.4. The quantitative estimate of drug-likeness (QED) is 0.717. The standard InChI is InChI=1S/C18H20N4OS/c1-13-5-4-6-15(7-13)18-20-16(12-24-18)8-17(23)21(2)10-14-9-19-22(3)11-14/h4-7,9,11-12H,8,10H2,1-3H3.